The van der Waals surface area contributed by atoms with Crippen molar-refractivity contribution in [2.24, 2.45) is 5.16 Å². The van der Waals surface area contributed by atoms with Crippen molar-refractivity contribution in [2.75, 3.05) is 31.2 Å². The molecule has 2 radical (unpaired) electrons. The first kappa shape index (κ1) is 15.2. The third kappa shape index (κ3) is 3.39. The van der Waals surface area contributed by atoms with Gasteiger partial charge in [0.1, 0.15) is 20.6 Å². The smallest absolute Gasteiger partial charge is 0.165 e. The first-order valence-electron chi connectivity index (χ1n) is 7.08. The molecule has 8 heteroatoms. The monoisotopic (exact) mass is 305 g/mol. The van der Waals surface area contributed by atoms with Crippen LogP contribution >= 0.6 is 0 Å². The Kier molecular flexibility index (Phi) is 4.05. The van der Waals surface area contributed by atoms with Gasteiger partial charge in [-0.2, -0.15) is 0 Å². The highest BCUT2D eigenvalue weighted by atomic mass is 19.1. The van der Waals surface area contributed by atoms with Gasteiger partial charge in [-0.1, -0.05) is 10.6 Å². The maximum Gasteiger partial charge on any atom is 0.165 e. The third-order valence-electron chi connectivity index (χ3n) is 3.41. The fourth-order valence-electron chi connectivity index (χ4n) is 2.34. The Balaban J connectivity index is 1.45. The number of nitrogens with zero attached hydrogens (tertiary/aromatic N) is 3. The summed E-state index contributed by atoms with van der Waals surface area (Å²) in [5.41, 5.74) is 1.14. The number of anilines is 1. The number of hydrogen-bond donors (Lipinski definition) is 0. The number of oxime groups is 1. The third-order valence-corrected chi connectivity index (χ3v) is 3.41. The summed E-state index contributed by atoms with van der Waals surface area (Å²) < 4.78 is 24.7. The molecule has 1 aromatic heterocycles. The molecule has 1 aromatic rings. The predicted molar refractivity (Wildman–Crippen MR) is 80.1 cm³/mol. The summed E-state index contributed by atoms with van der Waals surface area (Å²) >= 11 is 0. The zero-order valence-electron chi connectivity index (χ0n) is 12.6. The van der Waals surface area contributed by atoms with Gasteiger partial charge in [-0.05, 0) is 19.9 Å². The van der Waals surface area contributed by atoms with E-state index in [1.165, 1.54) is 12.3 Å². The minimum Gasteiger partial charge on any atom is -0.393 e. The molecule has 0 bridgehead atoms. The zero-order valence-corrected chi connectivity index (χ0v) is 12.6. The number of hydrogen-bond acceptors (Lipinski definition) is 6. The molecular weight excluding hydrogens is 288 g/mol. The van der Waals surface area contributed by atoms with E-state index in [0.717, 1.165) is 5.71 Å². The van der Waals surface area contributed by atoms with Crippen molar-refractivity contribution < 1.29 is 18.7 Å². The van der Waals surface area contributed by atoms with Crippen LogP contribution < -0.4 is 10.4 Å². The van der Waals surface area contributed by atoms with Crippen molar-refractivity contribution in [2.45, 2.75) is 25.7 Å². The lowest BCUT2D eigenvalue weighted by Gasteiger charge is -2.33. The molecule has 6 nitrogen and oxygen atoms in total. The van der Waals surface area contributed by atoms with Crippen LogP contribution in [0.2, 0.25) is 0 Å². The van der Waals surface area contributed by atoms with E-state index >= 15 is 0 Å². The average molecular weight is 305 g/mol. The zero-order chi connectivity index (χ0) is 15.7. The number of ether oxygens (including phenoxy) is 2. The Morgan fingerprint density at radius 3 is 2.95 bits per heavy atom. The van der Waals surface area contributed by atoms with E-state index in [1.54, 1.807) is 4.90 Å². The lowest BCUT2D eigenvalue weighted by molar-refractivity contribution is -0.145. The van der Waals surface area contributed by atoms with Crippen LogP contribution in [0.5, 0.6) is 0 Å². The second-order valence-corrected chi connectivity index (χ2v) is 5.83. The minimum absolute atomic E-state index is 0.119. The van der Waals surface area contributed by atoms with Crippen molar-refractivity contribution in [1.82, 2.24) is 4.98 Å². The second kappa shape index (κ2) is 5.85. The van der Waals surface area contributed by atoms with Crippen molar-refractivity contribution in [3.63, 3.8) is 0 Å². The first-order valence-corrected chi connectivity index (χ1v) is 7.08. The molecule has 2 fully saturated rings. The molecule has 22 heavy (non-hydrogen) atoms. The highest BCUT2D eigenvalue weighted by Gasteiger charge is 2.33. The Bertz CT molecular complexity index is 589. The van der Waals surface area contributed by atoms with E-state index in [-0.39, 0.29) is 11.9 Å². The molecule has 1 unspecified atom stereocenters. The Morgan fingerprint density at radius 1 is 1.55 bits per heavy atom. The standard InChI is InChI=1S/C14H17BFN3O3/c1-14(2)20-7-11(22-14)8-21-18-10-5-19(6-10)13-12(16)3-9(15)4-17-13/h3-4,11H,5-8H2,1-2H3. The lowest BCUT2D eigenvalue weighted by Crippen LogP contribution is -2.48. The number of halogens is 1. The molecule has 2 aliphatic heterocycles. The Morgan fingerprint density at radius 2 is 2.32 bits per heavy atom. The molecule has 0 aromatic carbocycles. The van der Waals surface area contributed by atoms with Crippen molar-refractivity contribution in [3.8, 4) is 0 Å². The molecule has 0 N–H and O–H groups in total. The molecule has 0 aliphatic carbocycles. The summed E-state index contributed by atoms with van der Waals surface area (Å²) in [6, 6.07) is 1.26. The SMILES string of the molecule is [B]c1cnc(N2CC(=NOCC3COC(C)(C)O3)C2)c(F)c1. The minimum atomic E-state index is -0.563. The van der Waals surface area contributed by atoms with Crippen LogP contribution in [-0.4, -0.2) is 56.7 Å². The van der Waals surface area contributed by atoms with Crippen LogP contribution in [0.1, 0.15) is 13.8 Å². The van der Waals surface area contributed by atoms with Gasteiger partial charge in [-0.15, -0.1) is 0 Å². The maximum atomic E-state index is 13.7. The predicted octanol–water partition coefficient (Wildman–Crippen LogP) is 0.359. The van der Waals surface area contributed by atoms with Crippen LogP contribution in [0.25, 0.3) is 0 Å². The van der Waals surface area contributed by atoms with E-state index < -0.39 is 11.6 Å². The summed E-state index contributed by atoms with van der Waals surface area (Å²) in [6.45, 7) is 5.52. The molecule has 2 aliphatic rings. The maximum absolute atomic E-state index is 13.7. The molecule has 0 spiro atoms. The van der Waals surface area contributed by atoms with Crippen LogP contribution in [-0.2, 0) is 14.3 Å². The van der Waals surface area contributed by atoms with E-state index in [4.69, 9.17) is 22.2 Å². The quantitative estimate of drug-likeness (QED) is 0.594. The van der Waals surface area contributed by atoms with E-state index in [1.807, 2.05) is 13.8 Å². The van der Waals surface area contributed by atoms with Crippen molar-refractivity contribution in [3.05, 3.63) is 18.1 Å². The largest absolute Gasteiger partial charge is 0.393 e. The molecule has 3 heterocycles. The van der Waals surface area contributed by atoms with Gasteiger partial charge in [-0.25, -0.2) is 9.37 Å². The topological polar surface area (TPSA) is 56.2 Å². The Hall–Kier alpha value is -1.67. The van der Waals surface area contributed by atoms with Crippen LogP contribution in [0.15, 0.2) is 17.4 Å². The van der Waals surface area contributed by atoms with Gasteiger partial charge < -0.3 is 19.2 Å². The fraction of sp³-hybridized carbons (Fsp3) is 0.571. The summed E-state index contributed by atoms with van der Waals surface area (Å²) in [5, 5.41) is 4.03. The molecule has 3 rings (SSSR count). The van der Waals surface area contributed by atoms with E-state index in [2.05, 4.69) is 10.1 Å². The summed E-state index contributed by atoms with van der Waals surface area (Å²) in [5.74, 6) is -0.714. The lowest BCUT2D eigenvalue weighted by atomic mass is 9.99. The summed E-state index contributed by atoms with van der Waals surface area (Å²) in [4.78, 5) is 11.0. The van der Waals surface area contributed by atoms with E-state index in [0.29, 0.717) is 31.8 Å². The normalized spacial score (nSPS) is 23.3. The van der Waals surface area contributed by atoms with Gasteiger partial charge in [0.25, 0.3) is 0 Å². The molecule has 116 valence electrons. The Labute approximate surface area is 129 Å². The van der Waals surface area contributed by atoms with Gasteiger partial charge in [0, 0.05) is 6.20 Å². The van der Waals surface area contributed by atoms with Crippen LogP contribution in [0.4, 0.5) is 10.2 Å². The van der Waals surface area contributed by atoms with Gasteiger partial charge in [-0.3, -0.25) is 0 Å². The highest BCUT2D eigenvalue weighted by Crippen LogP contribution is 2.23. The number of rotatable bonds is 4. The highest BCUT2D eigenvalue weighted by molar-refractivity contribution is 6.32. The van der Waals surface area contributed by atoms with E-state index in [9.17, 15) is 4.39 Å². The summed E-state index contributed by atoms with van der Waals surface area (Å²) in [7, 11) is 5.47. The van der Waals surface area contributed by atoms with Gasteiger partial charge in [0.2, 0.25) is 0 Å². The number of aromatic nitrogens is 1. The fourth-order valence-corrected chi connectivity index (χ4v) is 2.34. The first-order chi connectivity index (χ1) is 10.4. The molecular formula is C14H17BFN3O3. The van der Waals surface area contributed by atoms with Crippen molar-refractivity contribution >= 4 is 24.8 Å². The average Bonchev–Trinajstić information content (AvgIpc) is 2.73. The van der Waals surface area contributed by atoms with Crippen molar-refractivity contribution in [1.29, 1.82) is 0 Å². The van der Waals surface area contributed by atoms with Crippen LogP contribution in [0.3, 0.4) is 0 Å². The van der Waals surface area contributed by atoms with Gasteiger partial charge >= 0.3 is 0 Å². The second-order valence-electron chi connectivity index (χ2n) is 5.83. The molecule has 1 atom stereocenters. The van der Waals surface area contributed by atoms with Gasteiger partial charge in [0.15, 0.2) is 17.4 Å². The molecule has 0 amide bonds. The number of pyridine rings is 1. The molecule has 2 saturated heterocycles. The summed E-state index contributed by atoms with van der Waals surface area (Å²) in [6.07, 6.45) is 1.32. The van der Waals surface area contributed by atoms with Crippen LogP contribution in [0, 0.1) is 5.82 Å². The molecule has 0 saturated carbocycles. The van der Waals surface area contributed by atoms with Gasteiger partial charge in [0.05, 0.1) is 25.4 Å².